The third-order valence-electron chi connectivity index (χ3n) is 3.28. The second-order valence-electron chi connectivity index (χ2n) is 7.55. The van der Waals surface area contributed by atoms with E-state index in [-0.39, 0.29) is 0 Å². The predicted molar refractivity (Wildman–Crippen MR) is 100 cm³/mol. The van der Waals surface area contributed by atoms with Crippen LogP contribution in [0.15, 0.2) is 41.9 Å². The molecule has 4 heteroatoms. The van der Waals surface area contributed by atoms with Crippen molar-refractivity contribution in [1.82, 2.24) is 0 Å². The first-order valence-electron chi connectivity index (χ1n) is 7.52. The second kappa shape index (κ2) is 7.23. The minimum absolute atomic E-state index is 0.512. The van der Waals surface area contributed by atoms with Crippen molar-refractivity contribution in [2.45, 2.75) is 44.6 Å². The molecule has 1 aromatic rings. The first-order valence-corrected chi connectivity index (χ1v) is 14.7. The zero-order chi connectivity index (χ0) is 16.1. The van der Waals surface area contributed by atoms with E-state index in [1.807, 2.05) is 24.4 Å². The van der Waals surface area contributed by atoms with E-state index in [2.05, 4.69) is 51.9 Å². The van der Waals surface area contributed by atoms with Gasteiger partial charge in [0.15, 0.2) is 0 Å². The highest BCUT2D eigenvalue weighted by molar-refractivity contribution is 6.96. The lowest BCUT2D eigenvalue weighted by Crippen LogP contribution is -2.52. The van der Waals surface area contributed by atoms with E-state index in [0.717, 1.165) is 11.3 Å². The third kappa shape index (κ3) is 5.63. The maximum absolute atomic E-state index is 5.70. The van der Waals surface area contributed by atoms with Gasteiger partial charge in [0.05, 0.1) is 16.1 Å². The fourth-order valence-electron chi connectivity index (χ4n) is 2.77. The van der Waals surface area contributed by atoms with Crippen LogP contribution in [0.1, 0.15) is 5.56 Å². The minimum Gasteiger partial charge on any atom is -0.489 e. The SMILES string of the molecule is C=CCOc1ccccc1/C=N/C([Si](C)(C)C)[Si](C)(C)C. The maximum Gasteiger partial charge on any atom is 0.128 e. The van der Waals surface area contributed by atoms with Crippen LogP contribution in [0.2, 0.25) is 39.3 Å². The van der Waals surface area contributed by atoms with Crippen LogP contribution in [-0.4, -0.2) is 34.3 Å². The summed E-state index contributed by atoms with van der Waals surface area (Å²) in [5.74, 6) is 0.881. The summed E-state index contributed by atoms with van der Waals surface area (Å²) >= 11 is 0. The Kier molecular flexibility index (Phi) is 6.16. The number of aliphatic imine (C=N–C) groups is 1. The number of nitrogens with zero attached hydrogens (tertiary/aromatic N) is 1. The van der Waals surface area contributed by atoms with Gasteiger partial charge in [-0.15, -0.1) is 0 Å². The van der Waals surface area contributed by atoms with Gasteiger partial charge in [-0.25, -0.2) is 0 Å². The maximum atomic E-state index is 5.70. The van der Waals surface area contributed by atoms with Gasteiger partial charge in [-0.05, 0) is 12.1 Å². The van der Waals surface area contributed by atoms with Gasteiger partial charge in [-0.2, -0.15) is 0 Å². The highest BCUT2D eigenvalue weighted by Gasteiger charge is 2.37. The number of para-hydroxylation sites is 1. The molecule has 0 radical (unpaired) electrons. The molecule has 0 saturated carbocycles. The monoisotopic (exact) mass is 319 g/mol. The average molecular weight is 320 g/mol. The van der Waals surface area contributed by atoms with Crippen molar-refractivity contribution in [3.63, 3.8) is 0 Å². The van der Waals surface area contributed by atoms with Gasteiger partial charge in [0.25, 0.3) is 0 Å². The van der Waals surface area contributed by atoms with Gasteiger partial charge in [-0.3, -0.25) is 4.99 Å². The summed E-state index contributed by atoms with van der Waals surface area (Å²) in [6.45, 7) is 18.7. The van der Waals surface area contributed by atoms with Gasteiger partial charge in [-0.1, -0.05) is 64.1 Å². The summed E-state index contributed by atoms with van der Waals surface area (Å²) in [6.07, 6.45) is 3.78. The second-order valence-corrected chi connectivity index (χ2v) is 18.7. The summed E-state index contributed by atoms with van der Waals surface area (Å²) in [5, 5.41) is 0.512. The van der Waals surface area contributed by atoms with Crippen molar-refractivity contribution in [2.75, 3.05) is 6.61 Å². The number of hydrogen-bond acceptors (Lipinski definition) is 2. The largest absolute Gasteiger partial charge is 0.489 e. The molecule has 0 unspecified atom stereocenters. The number of rotatable bonds is 7. The summed E-state index contributed by atoms with van der Waals surface area (Å²) in [7, 11) is -2.62. The molecule has 0 heterocycles. The van der Waals surface area contributed by atoms with Crippen LogP contribution in [0, 0.1) is 0 Å². The Bertz CT molecular complexity index is 484. The Morgan fingerprint density at radius 1 is 1.10 bits per heavy atom. The molecule has 1 rings (SSSR count). The van der Waals surface area contributed by atoms with E-state index in [0.29, 0.717) is 11.9 Å². The quantitative estimate of drug-likeness (QED) is 0.402. The molecule has 2 nitrogen and oxygen atoms in total. The molecule has 116 valence electrons. The summed E-state index contributed by atoms with van der Waals surface area (Å²) < 4.78 is 5.70. The van der Waals surface area contributed by atoms with Crippen LogP contribution in [-0.2, 0) is 0 Å². The zero-order valence-corrected chi connectivity index (χ0v) is 16.3. The van der Waals surface area contributed by atoms with Crippen molar-refractivity contribution >= 4 is 22.4 Å². The molecule has 0 atom stereocenters. The highest BCUT2D eigenvalue weighted by atomic mass is 28.4. The molecular weight excluding hydrogens is 290 g/mol. The van der Waals surface area contributed by atoms with E-state index in [4.69, 9.17) is 9.73 Å². The molecule has 0 amide bonds. The third-order valence-corrected chi connectivity index (χ3v) is 12.1. The van der Waals surface area contributed by atoms with Crippen LogP contribution < -0.4 is 4.74 Å². The highest BCUT2D eigenvalue weighted by Crippen LogP contribution is 2.23. The number of hydrogen-bond donors (Lipinski definition) is 0. The van der Waals surface area contributed by atoms with E-state index in [1.165, 1.54) is 0 Å². The lowest BCUT2D eigenvalue weighted by atomic mass is 10.2. The van der Waals surface area contributed by atoms with Gasteiger partial charge in [0, 0.05) is 17.1 Å². The van der Waals surface area contributed by atoms with E-state index >= 15 is 0 Å². The average Bonchev–Trinajstić information content (AvgIpc) is 2.34. The van der Waals surface area contributed by atoms with Crippen molar-refractivity contribution in [2.24, 2.45) is 4.99 Å². The molecule has 0 saturated heterocycles. The lowest BCUT2D eigenvalue weighted by Gasteiger charge is -2.35. The molecule has 0 N–H and O–H groups in total. The Morgan fingerprint density at radius 3 is 2.19 bits per heavy atom. The van der Waals surface area contributed by atoms with Crippen molar-refractivity contribution in [3.8, 4) is 5.75 Å². The smallest absolute Gasteiger partial charge is 0.128 e. The molecular formula is C17H29NOSi2. The first-order chi connectivity index (χ1) is 9.66. The van der Waals surface area contributed by atoms with Gasteiger partial charge in [0.1, 0.15) is 12.4 Å². The van der Waals surface area contributed by atoms with Crippen LogP contribution >= 0.6 is 0 Å². The van der Waals surface area contributed by atoms with Gasteiger partial charge in [0.2, 0.25) is 0 Å². The predicted octanol–water partition coefficient (Wildman–Crippen LogP) is 4.79. The van der Waals surface area contributed by atoms with Gasteiger partial charge >= 0.3 is 0 Å². The summed E-state index contributed by atoms with van der Waals surface area (Å²) in [4.78, 5) is 5.00. The number of ether oxygens (including phenoxy) is 1. The fraction of sp³-hybridized carbons (Fsp3) is 0.471. The molecule has 0 aliphatic heterocycles. The normalized spacial score (nSPS) is 12.9. The molecule has 0 aliphatic rings. The fourth-order valence-corrected chi connectivity index (χ4v) is 14.2. The van der Waals surface area contributed by atoms with E-state index in [1.54, 1.807) is 6.08 Å². The van der Waals surface area contributed by atoms with Crippen LogP contribution in [0.5, 0.6) is 5.75 Å². The summed E-state index contributed by atoms with van der Waals surface area (Å²) in [5.41, 5.74) is 1.06. The van der Waals surface area contributed by atoms with Crippen LogP contribution in [0.3, 0.4) is 0 Å². The molecule has 21 heavy (non-hydrogen) atoms. The van der Waals surface area contributed by atoms with Crippen molar-refractivity contribution < 1.29 is 4.74 Å². The molecule has 0 bridgehead atoms. The molecule has 0 fully saturated rings. The molecule has 0 aromatic heterocycles. The Labute approximate surface area is 132 Å². The van der Waals surface area contributed by atoms with Crippen molar-refractivity contribution in [3.05, 3.63) is 42.5 Å². The topological polar surface area (TPSA) is 21.6 Å². The minimum atomic E-state index is -1.31. The Morgan fingerprint density at radius 2 is 1.67 bits per heavy atom. The zero-order valence-electron chi connectivity index (χ0n) is 14.3. The van der Waals surface area contributed by atoms with E-state index in [9.17, 15) is 0 Å². The lowest BCUT2D eigenvalue weighted by molar-refractivity contribution is 0.362. The standard InChI is InChI=1S/C17H29NOSi2/c1-8-13-19-16-12-10-9-11-15(16)14-18-17(20(2,3)4)21(5,6)7/h8-12,14,17H,1,13H2,2-7H3/b18-14+. The Hall–Kier alpha value is -1.14. The number of benzene rings is 1. The molecule has 0 spiro atoms. The molecule has 1 aromatic carbocycles. The van der Waals surface area contributed by atoms with E-state index < -0.39 is 16.1 Å². The summed E-state index contributed by atoms with van der Waals surface area (Å²) in [6, 6.07) is 8.07. The van der Waals surface area contributed by atoms with Crippen molar-refractivity contribution in [1.29, 1.82) is 0 Å². The Balaban J connectivity index is 3.05. The molecule has 0 aliphatic carbocycles. The first kappa shape index (κ1) is 17.9. The van der Waals surface area contributed by atoms with Gasteiger partial charge < -0.3 is 4.74 Å². The van der Waals surface area contributed by atoms with Crippen LogP contribution in [0.25, 0.3) is 0 Å². The van der Waals surface area contributed by atoms with Crippen LogP contribution in [0.4, 0.5) is 0 Å².